The summed E-state index contributed by atoms with van der Waals surface area (Å²) in [5, 5.41) is 9.95. The van der Waals surface area contributed by atoms with Crippen molar-refractivity contribution in [3.8, 4) is 6.07 Å². The summed E-state index contributed by atoms with van der Waals surface area (Å²) in [6.07, 6.45) is 4.17. The SMILES string of the molecule is CC[C@@](C#N)(/C=C\O[Si](C)(C)C(C)(C)C)O[Si](C)(C)C(C)(C)C. The maximum Gasteiger partial charge on any atom is 0.249 e. The Kier molecular flexibility index (Phi) is 6.94. The minimum absolute atomic E-state index is 0.0679. The average Bonchev–Trinajstić information content (AvgIpc) is 2.34. The highest BCUT2D eigenvalue weighted by atomic mass is 28.4. The van der Waals surface area contributed by atoms with E-state index in [0.717, 1.165) is 0 Å². The molecule has 0 saturated heterocycles. The van der Waals surface area contributed by atoms with Gasteiger partial charge in [0, 0.05) is 0 Å². The molecule has 0 unspecified atom stereocenters. The highest BCUT2D eigenvalue weighted by Crippen LogP contribution is 2.40. The lowest BCUT2D eigenvalue weighted by Gasteiger charge is -2.41. The predicted octanol–water partition coefficient (Wildman–Crippen LogP) is 6.22. The summed E-state index contributed by atoms with van der Waals surface area (Å²) < 4.78 is 12.5. The van der Waals surface area contributed by atoms with Gasteiger partial charge in [0.25, 0.3) is 0 Å². The van der Waals surface area contributed by atoms with Crippen molar-refractivity contribution in [2.75, 3.05) is 0 Å². The van der Waals surface area contributed by atoms with Gasteiger partial charge < -0.3 is 8.85 Å². The van der Waals surface area contributed by atoms with Gasteiger partial charge in [0.1, 0.15) is 6.07 Å². The summed E-state index contributed by atoms with van der Waals surface area (Å²) in [7, 11) is -3.90. The molecule has 0 amide bonds. The summed E-state index contributed by atoms with van der Waals surface area (Å²) in [5.74, 6) is 0. The second kappa shape index (κ2) is 7.12. The Balaban J connectivity index is 5.37. The lowest BCUT2D eigenvalue weighted by Crippen LogP contribution is -2.48. The zero-order valence-corrected chi connectivity index (χ0v) is 19.1. The van der Waals surface area contributed by atoms with Gasteiger partial charge in [0.05, 0.1) is 6.26 Å². The Hall–Kier alpha value is -0.576. The molecule has 5 heteroatoms. The fourth-order valence-corrected chi connectivity index (χ4v) is 3.70. The van der Waals surface area contributed by atoms with Crippen LogP contribution >= 0.6 is 0 Å². The molecule has 0 rings (SSSR count). The quantitative estimate of drug-likeness (QED) is 0.420. The Morgan fingerprint density at radius 2 is 1.35 bits per heavy atom. The summed E-state index contributed by atoms with van der Waals surface area (Å²) in [6, 6.07) is 2.38. The van der Waals surface area contributed by atoms with Crippen LogP contribution in [0.15, 0.2) is 12.3 Å². The molecule has 0 spiro atoms. The monoisotopic (exact) mass is 355 g/mol. The van der Waals surface area contributed by atoms with E-state index in [-0.39, 0.29) is 10.1 Å². The van der Waals surface area contributed by atoms with E-state index in [1.807, 2.05) is 13.0 Å². The van der Waals surface area contributed by atoms with E-state index in [1.165, 1.54) is 0 Å². The number of hydrogen-bond donors (Lipinski definition) is 0. The van der Waals surface area contributed by atoms with E-state index in [2.05, 4.69) is 73.8 Å². The average molecular weight is 356 g/mol. The standard InChI is InChI=1S/C18H37NO2Si2/c1-12-18(15-19,21-23(10,11)17(5,6)7)13-14-20-22(8,9)16(2,3)4/h13-14H,12H2,1-11H3/b14-13-/t18-/m0/s1. The summed E-state index contributed by atoms with van der Waals surface area (Å²) in [6.45, 7) is 23.9. The van der Waals surface area contributed by atoms with Gasteiger partial charge in [-0.15, -0.1) is 0 Å². The summed E-state index contributed by atoms with van der Waals surface area (Å²) >= 11 is 0. The Labute approximate surface area is 146 Å². The van der Waals surface area contributed by atoms with Gasteiger partial charge in [0.15, 0.2) is 13.9 Å². The molecule has 0 saturated carbocycles. The maximum absolute atomic E-state index is 9.75. The highest BCUT2D eigenvalue weighted by molar-refractivity contribution is 6.74. The van der Waals surface area contributed by atoms with Crippen LogP contribution in [0, 0.1) is 11.3 Å². The molecular weight excluding hydrogens is 318 g/mol. The van der Waals surface area contributed by atoms with Crippen LogP contribution in [-0.2, 0) is 8.85 Å². The smallest absolute Gasteiger partial charge is 0.249 e. The molecule has 0 radical (unpaired) electrons. The minimum Gasteiger partial charge on any atom is -0.549 e. The normalized spacial score (nSPS) is 17.0. The third kappa shape index (κ3) is 5.77. The van der Waals surface area contributed by atoms with Crippen molar-refractivity contribution in [2.24, 2.45) is 0 Å². The van der Waals surface area contributed by atoms with Crippen LogP contribution in [0.2, 0.25) is 36.3 Å². The zero-order chi connectivity index (χ0) is 18.7. The molecule has 0 aliphatic rings. The van der Waals surface area contributed by atoms with Crippen molar-refractivity contribution in [1.82, 2.24) is 0 Å². The molecule has 134 valence electrons. The van der Waals surface area contributed by atoms with Gasteiger partial charge >= 0.3 is 0 Å². The first-order chi connectivity index (χ1) is 10.0. The number of hydrogen-bond acceptors (Lipinski definition) is 3. The molecule has 1 atom stereocenters. The molecule has 3 nitrogen and oxygen atoms in total. The van der Waals surface area contributed by atoms with Crippen molar-refractivity contribution in [2.45, 2.75) is 96.8 Å². The van der Waals surface area contributed by atoms with E-state index in [0.29, 0.717) is 6.42 Å². The second-order valence-electron chi connectivity index (χ2n) is 9.40. The van der Waals surface area contributed by atoms with Crippen molar-refractivity contribution >= 4 is 16.6 Å². The zero-order valence-electron chi connectivity index (χ0n) is 17.1. The van der Waals surface area contributed by atoms with Gasteiger partial charge in [-0.1, -0.05) is 48.5 Å². The van der Waals surface area contributed by atoms with E-state index in [9.17, 15) is 5.26 Å². The van der Waals surface area contributed by atoms with Gasteiger partial charge in [-0.2, -0.15) is 5.26 Å². The van der Waals surface area contributed by atoms with Gasteiger partial charge in [-0.05, 0) is 48.8 Å². The first-order valence-corrected chi connectivity index (χ1v) is 14.3. The van der Waals surface area contributed by atoms with Crippen molar-refractivity contribution < 1.29 is 8.85 Å². The Morgan fingerprint density at radius 3 is 1.65 bits per heavy atom. The van der Waals surface area contributed by atoms with Gasteiger partial charge in [-0.3, -0.25) is 0 Å². The molecule has 0 aromatic heterocycles. The summed E-state index contributed by atoms with van der Waals surface area (Å²) in [5.41, 5.74) is -0.897. The van der Waals surface area contributed by atoms with Crippen LogP contribution < -0.4 is 0 Å². The van der Waals surface area contributed by atoms with Crippen molar-refractivity contribution in [3.63, 3.8) is 0 Å². The molecular formula is C18H37NO2Si2. The van der Waals surface area contributed by atoms with Crippen molar-refractivity contribution in [1.29, 1.82) is 5.26 Å². The van der Waals surface area contributed by atoms with E-state index in [4.69, 9.17) is 8.85 Å². The summed E-state index contributed by atoms with van der Waals surface area (Å²) in [4.78, 5) is 0. The third-order valence-corrected chi connectivity index (χ3v) is 14.3. The van der Waals surface area contributed by atoms with Crippen LogP contribution in [0.3, 0.4) is 0 Å². The molecule has 0 aromatic carbocycles. The van der Waals surface area contributed by atoms with Crippen LogP contribution in [0.5, 0.6) is 0 Å². The fraction of sp³-hybridized carbons (Fsp3) is 0.833. The number of rotatable bonds is 6. The highest BCUT2D eigenvalue weighted by Gasteiger charge is 2.44. The largest absolute Gasteiger partial charge is 0.549 e. The third-order valence-electron chi connectivity index (χ3n) is 5.46. The Bertz CT molecular complexity index is 465. The van der Waals surface area contributed by atoms with Crippen molar-refractivity contribution in [3.05, 3.63) is 12.3 Å². The fourth-order valence-electron chi connectivity index (χ4n) is 1.46. The van der Waals surface area contributed by atoms with E-state index < -0.39 is 22.2 Å². The van der Waals surface area contributed by atoms with Gasteiger partial charge in [-0.25, -0.2) is 0 Å². The lowest BCUT2D eigenvalue weighted by molar-refractivity contribution is 0.151. The van der Waals surface area contributed by atoms with E-state index in [1.54, 1.807) is 6.26 Å². The lowest BCUT2D eigenvalue weighted by atomic mass is 10.0. The van der Waals surface area contributed by atoms with Crippen LogP contribution in [0.1, 0.15) is 54.9 Å². The molecule has 0 aromatic rings. The molecule has 0 aliphatic heterocycles. The predicted molar refractivity (Wildman–Crippen MR) is 104 cm³/mol. The van der Waals surface area contributed by atoms with Gasteiger partial charge in [0.2, 0.25) is 8.32 Å². The number of nitrogens with zero attached hydrogens (tertiary/aromatic N) is 1. The molecule has 0 N–H and O–H groups in total. The molecule has 0 bridgehead atoms. The Morgan fingerprint density at radius 1 is 0.913 bits per heavy atom. The molecule has 0 fully saturated rings. The van der Waals surface area contributed by atoms with Crippen LogP contribution in [-0.4, -0.2) is 22.2 Å². The van der Waals surface area contributed by atoms with Crippen LogP contribution in [0.4, 0.5) is 0 Å². The second-order valence-corrected chi connectivity index (χ2v) is 18.9. The first kappa shape index (κ1) is 22.4. The first-order valence-electron chi connectivity index (χ1n) is 8.50. The molecule has 0 heterocycles. The number of nitriles is 1. The van der Waals surface area contributed by atoms with Crippen LogP contribution in [0.25, 0.3) is 0 Å². The topological polar surface area (TPSA) is 42.2 Å². The molecule has 23 heavy (non-hydrogen) atoms. The molecule has 0 aliphatic carbocycles. The van der Waals surface area contributed by atoms with E-state index >= 15 is 0 Å². The maximum atomic E-state index is 9.75. The minimum atomic E-state index is -2.03.